The van der Waals surface area contributed by atoms with Crippen molar-refractivity contribution in [3.05, 3.63) is 46.4 Å². The number of nitrogens with two attached hydrogens (primary N) is 1. The Balaban J connectivity index is 1.42. The van der Waals surface area contributed by atoms with Gasteiger partial charge in [0.25, 0.3) is 11.8 Å². The number of fused-ring (bicyclic) bond motifs is 2. The quantitative estimate of drug-likeness (QED) is 0.230. The predicted molar refractivity (Wildman–Crippen MR) is 126 cm³/mol. The van der Waals surface area contributed by atoms with Gasteiger partial charge in [0.1, 0.15) is 18.8 Å². The van der Waals surface area contributed by atoms with E-state index in [-0.39, 0.29) is 22.2 Å². The first-order chi connectivity index (χ1) is 16.9. The Hall–Kier alpha value is -3.80. The molecule has 0 saturated carbocycles. The van der Waals surface area contributed by atoms with Crippen LogP contribution in [0.3, 0.4) is 0 Å². The lowest BCUT2D eigenvalue weighted by Crippen LogP contribution is -2.72. The lowest BCUT2D eigenvalue weighted by atomic mass is 9.84. The standard InChI is InChI=1S/C23H24N6O5S/c1-34-27-17(13-11-35-23(24)25-13)20(30)26-18-15-8-9-16(19(22(32)33)29(15)21(18)31)28-10-4-6-12-5-2-3-7-14(12)28/h4,6,10-11,15,18H,2-3,5,7-9H2,1H3,(H3-,24,25,26,30,32,33)/p+1/t15?,18-/m0/s1. The Morgan fingerprint density at radius 3 is 2.86 bits per heavy atom. The van der Waals surface area contributed by atoms with Crippen molar-refractivity contribution in [2.24, 2.45) is 5.16 Å². The molecule has 1 saturated heterocycles. The van der Waals surface area contributed by atoms with Crippen LogP contribution >= 0.6 is 11.3 Å². The normalized spacial score (nSPS) is 21.7. The van der Waals surface area contributed by atoms with Crippen molar-refractivity contribution in [1.82, 2.24) is 15.2 Å². The number of carbonyl (C=O) groups is 3. The van der Waals surface area contributed by atoms with Crippen LogP contribution in [0.5, 0.6) is 0 Å². The minimum atomic E-state index is -1.16. The number of aromatic nitrogens is 2. The van der Waals surface area contributed by atoms with E-state index in [1.165, 1.54) is 17.6 Å². The third kappa shape index (κ3) is 3.93. The molecule has 2 aromatic rings. The van der Waals surface area contributed by atoms with Gasteiger partial charge in [-0.15, -0.1) is 11.3 Å². The van der Waals surface area contributed by atoms with E-state index in [0.717, 1.165) is 42.7 Å². The Kier molecular flexibility index (Phi) is 5.97. The number of hydrogen-bond acceptors (Lipinski definition) is 8. The molecule has 2 aromatic heterocycles. The third-order valence-electron chi connectivity index (χ3n) is 6.66. The molecule has 2 amide bonds. The van der Waals surface area contributed by atoms with E-state index in [9.17, 15) is 19.5 Å². The van der Waals surface area contributed by atoms with Crippen molar-refractivity contribution in [3.8, 4) is 0 Å². The van der Waals surface area contributed by atoms with Gasteiger partial charge in [0.2, 0.25) is 5.70 Å². The first-order valence-electron chi connectivity index (χ1n) is 11.4. The van der Waals surface area contributed by atoms with Gasteiger partial charge in [0.15, 0.2) is 28.4 Å². The fourth-order valence-electron chi connectivity index (χ4n) is 5.13. The molecule has 4 heterocycles. The van der Waals surface area contributed by atoms with Gasteiger partial charge < -0.3 is 21.0 Å². The van der Waals surface area contributed by atoms with Crippen LogP contribution in [0.2, 0.25) is 0 Å². The zero-order chi connectivity index (χ0) is 24.7. The number of amides is 2. The predicted octanol–water partition coefficient (Wildman–Crippen LogP) is 0.685. The van der Waals surface area contributed by atoms with E-state index in [1.54, 1.807) is 5.38 Å². The zero-order valence-corrected chi connectivity index (χ0v) is 19.9. The molecule has 1 fully saturated rings. The van der Waals surface area contributed by atoms with Crippen molar-refractivity contribution in [1.29, 1.82) is 0 Å². The van der Waals surface area contributed by atoms with Crippen LogP contribution < -0.4 is 15.6 Å². The molecule has 2 atom stereocenters. The monoisotopic (exact) mass is 497 g/mol. The summed E-state index contributed by atoms with van der Waals surface area (Å²) < 4.78 is 1.95. The molecule has 0 bridgehead atoms. The molecule has 3 aliphatic rings. The lowest BCUT2D eigenvalue weighted by Gasteiger charge is -2.48. The van der Waals surface area contributed by atoms with E-state index < -0.39 is 29.9 Å². The summed E-state index contributed by atoms with van der Waals surface area (Å²) in [5.74, 6) is -2.28. The SMILES string of the molecule is CON=C(C(=O)N[C@@H]1C(=O)N2C(C(=O)O)=C([n+]3cccc4c3CCCC4)CCC12)c1csc(N)n1. The largest absolute Gasteiger partial charge is 0.476 e. The summed E-state index contributed by atoms with van der Waals surface area (Å²) in [6.07, 6.45) is 6.83. The number of aryl methyl sites for hydroxylation is 1. The first-order valence-corrected chi connectivity index (χ1v) is 12.2. The van der Waals surface area contributed by atoms with Gasteiger partial charge in [-0.05, 0) is 31.7 Å². The number of carboxylic acids is 1. The molecule has 0 radical (unpaired) electrons. The van der Waals surface area contributed by atoms with Crippen molar-refractivity contribution in [2.75, 3.05) is 12.8 Å². The van der Waals surface area contributed by atoms with Gasteiger partial charge in [-0.3, -0.25) is 14.5 Å². The summed E-state index contributed by atoms with van der Waals surface area (Å²) in [7, 11) is 1.30. The molecule has 1 unspecified atom stereocenters. The van der Waals surface area contributed by atoms with Gasteiger partial charge in [-0.1, -0.05) is 5.16 Å². The summed E-state index contributed by atoms with van der Waals surface area (Å²) in [6.45, 7) is 0. The summed E-state index contributed by atoms with van der Waals surface area (Å²) in [4.78, 5) is 48.5. The minimum Gasteiger partial charge on any atom is -0.476 e. The average molecular weight is 498 g/mol. The number of carbonyl (C=O) groups excluding carboxylic acids is 2. The topological polar surface area (TPSA) is 151 Å². The molecule has 11 nitrogen and oxygen atoms in total. The molecule has 35 heavy (non-hydrogen) atoms. The number of carboxylic acid groups (broad SMARTS) is 1. The fraction of sp³-hybridized carbons (Fsp3) is 0.391. The number of nitrogen functional groups attached to an aromatic ring is 1. The van der Waals surface area contributed by atoms with E-state index >= 15 is 0 Å². The van der Waals surface area contributed by atoms with Crippen LogP contribution in [0.4, 0.5) is 5.13 Å². The fourth-order valence-corrected chi connectivity index (χ4v) is 5.68. The molecule has 2 aliphatic heterocycles. The van der Waals surface area contributed by atoms with E-state index in [4.69, 9.17) is 10.6 Å². The third-order valence-corrected chi connectivity index (χ3v) is 7.33. The maximum atomic E-state index is 13.1. The highest BCUT2D eigenvalue weighted by Gasteiger charge is 2.55. The second-order valence-corrected chi connectivity index (χ2v) is 9.51. The Labute approximate surface area is 204 Å². The maximum absolute atomic E-state index is 13.1. The van der Waals surface area contributed by atoms with Crippen molar-refractivity contribution in [2.45, 2.75) is 50.6 Å². The van der Waals surface area contributed by atoms with Crippen LogP contribution in [0.25, 0.3) is 5.70 Å². The number of β-lactam (4-membered cyclic amide) rings is 1. The average Bonchev–Trinajstić information content (AvgIpc) is 3.29. The summed E-state index contributed by atoms with van der Waals surface area (Å²) in [6, 6.07) is 2.66. The first kappa shape index (κ1) is 23.0. The molecule has 4 N–H and O–H groups in total. The molecule has 5 rings (SSSR count). The maximum Gasteiger partial charge on any atom is 0.359 e. The Bertz CT molecular complexity index is 1280. The molecule has 1 aliphatic carbocycles. The second kappa shape index (κ2) is 9.10. The summed E-state index contributed by atoms with van der Waals surface area (Å²) in [5, 5.41) is 18.3. The number of thiazole rings is 1. The second-order valence-electron chi connectivity index (χ2n) is 8.62. The highest BCUT2D eigenvalue weighted by molar-refractivity contribution is 7.13. The number of pyridine rings is 1. The molecular weight excluding hydrogens is 472 g/mol. The highest BCUT2D eigenvalue weighted by atomic mass is 32.1. The number of aliphatic carboxylic acids is 1. The number of anilines is 1. The molecule has 12 heteroatoms. The highest BCUT2D eigenvalue weighted by Crippen LogP contribution is 2.37. The Morgan fingerprint density at radius 2 is 2.14 bits per heavy atom. The van der Waals surface area contributed by atoms with Crippen molar-refractivity contribution >= 4 is 45.7 Å². The minimum absolute atomic E-state index is 0.0289. The smallest absolute Gasteiger partial charge is 0.359 e. The number of allylic oxidation sites excluding steroid dienone is 1. The molecular formula is C23H25N6O5S+. The van der Waals surface area contributed by atoms with Crippen LogP contribution in [0, 0.1) is 0 Å². The van der Waals surface area contributed by atoms with E-state index in [0.29, 0.717) is 18.5 Å². The van der Waals surface area contributed by atoms with Crippen LogP contribution in [0.15, 0.2) is 34.6 Å². The van der Waals surface area contributed by atoms with Gasteiger partial charge in [-0.2, -0.15) is 4.57 Å². The van der Waals surface area contributed by atoms with Crippen molar-refractivity contribution in [3.63, 3.8) is 0 Å². The van der Waals surface area contributed by atoms with Gasteiger partial charge in [-0.25, -0.2) is 9.78 Å². The lowest BCUT2D eigenvalue weighted by molar-refractivity contribution is -0.594. The number of oxime groups is 1. The van der Waals surface area contributed by atoms with Gasteiger partial charge in [0.05, 0.1) is 6.04 Å². The zero-order valence-electron chi connectivity index (χ0n) is 19.1. The summed E-state index contributed by atoms with van der Waals surface area (Å²) in [5.41, 5.74) is 8.68. The van der Waals surface area contributed by atoms with Gasteiger partial charge >= 0.3 is 5.97 Å². The van der Waals surface area contributed by atoms with E-state index in [1.807, 2.05) is 16.8 Å². The Morgan fingerprint density at radius 1 is 1.34 bits per heavy atom. The number of rotatable bonds is 6. The summed E-state index contributed by atoms with van der Waals surface area (Å²) >= 11 is 1.15. The van der Waals surface area contributed by atoms with Crippen LogP contribution in [0.1, 0.15) is 42.6 Å². The number of nitrogens with zero attached hydrogens (tertiary/aromatic N) is 4. The van der Waals surface area contributed by atoms with Crippen molar-refractivity contribution < 1.29 is 28.9 Å². The van der Waals surface area contributed by atoms with Crippen LogP contribution in [-0.2, 0) is 32.1 Å². The molecule has 0 aromatic carbocycles. The van der Waals surface area contributed by atoms with Gasteiger partial charge in [0, 0.05) is 29.9 Å². The molecule has 0 spiro atoms. The molecule has 182 valence electrons. The van der Waals surface area contributed by atoms with Crippen LogP contribution in [-0.4, -0.2) is 57.7 Å². The number of nitrogens with one attached hydrogen (secondary N) is 1. The van der Waals surface area contributed by atoms with E-state index in [2.05, 4.69) is 21.5 Å². The number of hydrogen-bond donors (Lipinski definition) is 3.